The van der Waals surface area contributed by atoms with Crippen molar-refractivity contribution in [3.8, 4) is 0 Å². The minimum absolute atomic E-state index is 0.333. The van der Waals surface area contributed by atoms with Gasteiger partial charge in [0.15, 0.2) is 0 Å². The second-order valence-electron chi connectivity index (χ2n) is 4.71. The Morgan fingerprint density at radius 1 is 1.21 bits per heavy atom. The van der Waals surface area contributed by atoms with E-state index in [0.29, 0.717) is 6.04 Å². The topological polar surface area (TPSA) is 29.9 Å². The van der Waals surface area contributed by atoms with Crippen molar-refractivity contribution in [1.82, 2.24) is 14.9 Å². The van der Waals surface area contributed by atoms with Crippen molar-refractivity contribution < 1.29 is 0 Å². The zero-order chi connectivity index (χ0) is 13.5. The number of aryl methyl sites for hydroxylation is 2. The van der Waals surface area contributed by atoms with Gasteiger partial charge < -0.3 is 9.88 Å². The molecule has 1 N–H and O–H groups in total. The molecular formula is C16H23N3. The smallest absolute Gasteiger partial charge is 0.125 e. The van der Waals surface area contributed by atoms with Gasteiger partial charge in [-0.2, -0.15) is 0 Å². The highest BCUT2D eigenvalue weighted by Crippen LogP contribution is 2.18. The molecule has 0 aliphatic rings. The lowest BCUT2D eigenvalue weighted by Crippen LogP contribution is -2.24. The molecule has 1 aromatic carbocycles. The van der Waals surface area contributed by atoms with E-state index < -0.39 is 0 Å². The van der Waals surface area contributed by atoms with Gasteiger partial charge in [-0.05, 0) is 31.9 Å². The van der Waals surface area contributed by atoms with E-state index in [1.807, 2.05) is 6.20 Å². The molecule has 0 aliphatic heterocycles. The van der Waals surface area contributed by atoms with Gasteiger partial charge in [-0.15, -0.1) is 0 Å². The molecule has 1 atom stereocenters. The van der Waals surface area contributed by atoms with Crippen LogP contribution in [0.25, 0.3) is 0 Å². The zero-order valence-corrected chi connectivity index (χ0v) is 11.8. The minimum Gasteiger partial charge on any atom is -0.334 e. The lowest BCUT2D eigenvalue weighted by Gasteiger charge is -2.18. The third kappa shape index (κ3) is 3.67. The van der Waals surface area contributed by atoms with E-state index in [1.165, 1.54) is 5.56 Å². The van der Waals surface area contributed by atoms with E-state index in [0.717, 1.165) is 31.8 Å². The first kappa shape index (κ1) is 13.8. The van der Waals surface area contributed by atoms with Gasteiger partial charge in [-0.1, -0.05) is 37.3 Å². The van der Waals surface area contributed by atoms with Gasteiger partial charge in [0, 0.05) is 18.9 Å². The van der Waals surface area contributed by atoms with Crippen LogP contribution < -0.4 is 5.32 Å². The van der Waals surface area contributed by atoms with E-state index in [1.54, 1.807) is 0 Å². The molecule has 1 unspecified atom stereocenters. The van der Waals surface area contributed by atoms with Gasteiger partial charge in [0.05, 0.1) is 6.04 Å². The van der Waals surface area contributed by atoms with Crippen LogP contribution in [-0.4, -0.2) is 16.1 Å². The quantitative estimate of drug-likeness (QED) is 0.825. The van der Waals surface area contributed by atoms with E-state index in [-0.39, 0.29) is 0 Å². The molecule has 0 radical (unpaired) electrons. The van der Waals surface area contributed by atoms with Crippen molar-refractivity contribution in [2.75, 3.05) is 6.54 Å². The van der Waals surface area contributed by atoms with Crippen LogP contribution in [0.5, 0.6) is 0 Å². The molecule has 102 valence electrons. The number of nitrogens with zero attached hydrogens (tertiary/aromatic N) is 2. The van der Waals surface area contributed by atoms with Crippen molar-refractivity contribution in [2.24, 2.45) is 0 Å². The Balaban J connectivity index is 2.04. The fourth-order valence-corrected chi connectivity index (χ4v) is 2.42. The number of imidazole rings is 1. The summed E-state index contributed by atoms with van der Waals surface area (Å²) in [6, 6.07) is 11.0. The predicted octanol–water partition coefficient (Wildman–Crippen LogP) is 3.19. The monoisotopic (exact) mass is 257 g/mol. The fourth-order valence-electron chi connectivity index (χ4n) is 2.42. The van der Waals surface area contributed by atoms with Crippen LogP contribution in [0.2, 0.25) is 0 Å². The second kappa shape index (κ2) is 7.10. The summed E-state index contributed by atoms with van der Waals surface area (Å²) in [6.45, 7) is 6.25. The van der Waals surface area contributed by atoms with Crippen LogP contribution in [0.1, 0.15) is 37.7 Å². The average Bonchev–Trinajstić information content (AvgIpc) is 2.93. The van der Waals surface area contributed by atoms with Crippen LogP contribution >= 0.6 is 0 Å². The summed E-state index contributed by atoms with van der Waals surface area (Å²) in [5.74, 6) is 1.15. The van der Waals surface area contributed by atoms with Crippen LogP contribution in [-0.2, 0) is 13.0 Å². The normalized spacial score (nSPS) is 12.5. The molecule has 2 aromatic rings. The summed E-state index contributed by atoms with van der Waals surface area (Å²) in [5.41, 5.74) is 1.39. The molecule has 1 aromatic heterocycles. The number of nitrogens with one attached hydrogen (secondary N) is 1. The average molecular weight is 257 g/mol. The summed E-state index contributed by atoms with van der Waals surface area (Å²) < 4.78 is 2.22. The Labute approximate surface area is 115 Å². The molecule has 19 heavy (non-hydrogen) atoms. The van der Waals surface area contributed by atoms with Crippen LogP contribution in [0.4, 0.5) is 0 Å². The summed E-state index contributed by atoms with van der Waals surface area (Å²) in [4.78, 5) is 4.52. The largest absolute Gasteiger partial charge is 0.334 e. The van der Waals surface area contributed by atoms with Crippen molar-refractivity contribution >= 4 is 0 Å². The Hall–Kier alpha value is -1.61. The van der Waals surface area contributed by atoms with E-state index in [9.17, 15) is 0 Å². The van der Waals surface area contributed by atoms with Gasteiger partial charge in [0.2, 0.25) is 0 Å². The Kier molecular flexibility index (Phi) is 5.16. The zero-order valence-electron chi connectivity index (χ0n) is 11.8. The maximum Gasteiger partial charge on any atom is 0.125 e. The number of hydrogen-bond acceptors (Lipinski definition) is 2. The van der Waals surface area contributed by atoms with Gasteiger partial charge in [-0.25, -0.2) is 4.98 Å². The molecule has 3 heteroatoms. The molecule has 0 spiro atoms. The number of hydrogen-bond donors (Lipinski definition) is 1. The molecule has 3 nitrogen and oxygen atoms in total. The molecule has 1 heterocycles. The predicted molar refractivity (Wildman–Crippen MR) is 79.1 cm³/mol. The standard InChI is InChI=1S/C16H23N3/c1-3-17-15(16-18-12-13-19(16)4-2)11-10-14-8-6-5-7-9-14/h5-9,12-13,15,17H,3-4,10-11H2,1-2H3. The first-order valence-electron chi connectivity index (χ1n) is 7.13. The third-order valence-electron chi connectivity index (χ3n) is 3.42. The first-order valence-corrected chi connectivity index (χ1v) is 7.13. The highest BCUT2D eigenvalue weighted by molar-refractivity contribution is 5.15. The van der Waals surface area contributed by atoms with Gasteiger partial charge >= 0.3 is 0 Å². The van der Waals surface area contributed by atoms with E-state index in [4.69, 9.17) is 0 Å². The van der Waals surface area contributed by atoms with Gasteiger partial charge in [0.1, 0.15) is 5.82 Å². The minimum atomic E-state index is 0.333. The SMILES string of the molecule is CCNC(CCc1ccccc1)c1nccn1CC. The third-order valence-corrected chi connectivity index (χ3v) is 3.42. The molecule has 0 fully saturated rings. The summed E-state index contributed by atoms with van der Waals surface area (Å²) in [5, 5.41) is 3.55. The van der Waals surface area contributed by atoms with Crippen molar-refractivity contribution in [3.63, 3.8) is 0 Å². The molecule has 0 saturated carbocycles. The Bertz CT molecular complexity index is 476. The molecule has 0 saturated heterocycles. The highest BCUT2D eigenvalue weighted by atomic mass is 15.1. The summed E-state index contributed by atoms with van der Waals surface area (Å²) >= 11 is 0. The molecule has 0 aliphatic carbocycles. The fraction of sp³-hybridized carbons (Fsp3) is 0.438. The van der Waals surface area contributed by atoms with Crippen LogP contribution in [0.15, 0.2) is 42.7 Å². The first-order chi connectivity index (χ1) is 9.35. The highest BCUT2D eigenvalue weighted by Gasteiger charge is 2.15. The Morgan fingerprint density at radius 3 is 2.68 bits per heavy atom. The van der Waals surface area contributed by atoms with Crippen LogP contribution in [0, 0.1) is 0 Å². The van der Waals surface area contributed by atoms with Gasteiger partial charge in [0.25, 0.3) is 0 Å². The van der Waals surface area contributed by atoms with Gasteiger partial charge in [-0.3, -0.25) is 0 Å². The molecule has 0 amide bonds. The number of benzene rings is 1. The lowest BCUT2D eigenvalue weighted by molar-refractivity contribution is 0.469. The van der Waals surface area contributed by atoms with Crippen molar-refractivity contribution in [3.05, 3.63) is 54.1 Å². The maximum atomic E-state index is 4.52. The maximum absolute atomic E-state index is 4.52. The van der Waals surface area contributed by atoms with E-state index >= 15 is 0 Å². The molecular weight excluding hydrogens is 234 g/mol. The van der Waals surface area contributed by atoms with E-state index in [2.05, 4.69) is 65.2 Å². The summed E-state index contributed by atoms with van der Waals surface area (Å²) in [7, 11) is 0. The number of rotatable bonds is 7. The molecule has 2 rings (SSSR count). The summed E-state index contributed by atoms with van der Waals surface area (Å²) in [6.07, 6.45) is 6.11. The van der Waals surface area contributed by atoms with Crippen LogP contribution in [0.3, 0.4) is 0 Å². The van der Waals surface area contributed by atoms with Crippen molar-refractivity contribution in [1.29, 1.82) is 0 Å². The number of aromatic nitrogens is 2. The second-order valence-corrected chi connectivity index (χ2v) is 4.71. The lowest BCUT2D eigenvalue weighted by atomic mass is 10.0. The van der Waals surface area contributed by atoms with Crippen molar-refractivity contribution in [2.45, 2.75) is 39.3 Å². The Morgan fingerprint density at radius 2 is 2.00 bits per heavy atom. The molecule has 0 bridgehead atoms.